The van der Waals surface area contributed by atoms with Gasteiger partial charge in [-0.3, -0.25) is 0 Å². The number of benzene rings is 2. The van der Waals surface area contributed by atoms with Crippen LogP contribution < -0.4 is 5.32 Å². The van der Waals surface area contributed by atoms with Crippen molar-refractivity contribution in [3.63, 3.8) is 0 Å². The topological polar surface area (TPSA) is 24.9 Å². The Morgan fingerprint density at radius 1 is 1.06 bits per heavy atom. The van der Waals surface area contributed by atoms with Crippen molar-refractivity contribution >= 4 is 27.2 Å². The first-order chi connectivity index (χ1) is 8.38. The molecular formula is C14H12N2S. The molecule has 3 aromatic rings. The minimum Gasteiger partial charge on any atom is -0.365 e. The summed E-state index contributed by atoms with van der Waals surface area (Å²) in [5.74, 6) is 0. The van der Waals surface area contributed by atoms with Crippen molar-refractivity contribution in [1.82, 2.24) is 4.98 Å². The first kappa shape index (κ1) is 10.3. The molecule has 0 amide bonds. The van der Waals surface area contributed by atoms with Crippen LogP contribution in [0.5, 0.6) is 0 Å². The summed E-state index contributed by atoms with van der Waals surface area (Å²) >= 11 is 1.68. The highest BCUT2D eigenvalue weighted by Crippen LogP contribution is 2.33. The minimum absolute atomic E-state index is 0.952. The third-order valence-electron chi connectivity index (χ3n) is 2.77. The molecule has 17 heavy (non-hydrogen) atoms. The van der Waals surface area contributed by atoms with Gasteiger partial charge in [-0.2, -0.15) is 0 Å². The monoisotopic (exact) mass is 240 g/mol. The summed E-state index contributed by atoms with van der Waals surface area (Å²) in [7, 11) is 1.89. The maximum absolute atomic E-state index is 4.33. The lowest BCUT2D eigenvalue weighted by molar-refractivity contribution is 1.37. The highest BCUT2D eigenvalue weighted by molar-refractivity contribution is 7.19. The molecule has 0 saturated heterocycles. The van der Waals surface area contributed by atoms with Crippen LogP contribution in [0.1, 0.15) is 0 Å². The number of hydrogen-bond acceptors (Lipinski definition) is 3. The molecule has 1 N–H and O–H groups in total. The molecule has 0 aliphatic heterocycles. The van der Waals surface area contributed by atoms with Gasteiger partial charge >= 0.3 is 0 Å². The second kappa shape index (κ2) is 4.18. The molecular weight excluding hydrogens is 228 g/mol. The second-order valence-electron chi connectivity index (χ2n) is 3.81. The molecule has 2 nitrogen and oxygen atoms in total. The van der Waals surface area contributed by atoms with Crippen LogP contribution in [-0.2, 0) is 0 Å². The van der Waals surface area contributed by atoms with Gasteiger partial charge in [0.25, 0.3) is 0 Å². The highest BCUT2D eigenvalue weighted by Gasteiger charge is 2.06. The first-order valence-corrected chi connectivity index (χ1v) is 6.32. The van der Waals surface area contributed by atoms with E-state index in [2.05, 4.69) is 52.8 Å². The van der Waals surface area contributed by atoms with Gasteiger partial charge in [-0.05, 0) is 10.8 Å². The van der Waals surface area contributed by atoms with Crippen molar-refractivity contribution in [1.29, 1.82) is 0 Å². The van der Waals surface area contributed by atoms with E-state index in [0.717, 1.165) is 5.13 Å². The summed E-state index contributed by atoms with van der Waals surface area (Å²) < 4.78 is 0. The van der Waals surface area contributed by atoms with Gasteiger partial charge in [0.05, 0.1) is 4.88 Å². The van der Waals surface area contributed by atoms with E-state index < -0.39 is 0 Å². The molecule has 84 valence electrons. The largest absolute Gasteiger partial charge is 0.365 e. The Labute approximate surface area is 104 Å². The lowest BCUT2D eigenvalue weighted by Gasteiger charge is -2.03. The van der Waals surface area contributed by atoms with E-state index in [1.165, 1.54) is 21.2 Å². The molecule has 3 heteroatoms. The average Bonchev–Trinajstić information content (AvgIpc) is 2.87. The maximum atomic E-state index is 4.33. The number of rotatable bonds is 2. The smallest absolute Gasteiger partial charge is 0.182 e. The molecule has 0 spiro atoms. The Morgan fingerprint density at radius 2 is 1.88 bits per heavy atom. The van der Waals surface area contributed by atoms with Gasteiger partial charge in [0.2, 0.25) is 0 Å². The molecule has 0 radical (unpaired) electrons. The first-order valence-electron chi connectivity index (χ1n) is 5.50. The van der Waals surface area contributed by atoms with Crippen molar-refractivity contribution in [2.45, 2.75) is 0 Å². The van der Waals surface area contributed by atoms with Crippen LogP contribution in [0.2, 0.25) is 0 Å². The van der Waals surface area contributed by atoms with E-state index in [4.69, 9.17) is 0 Å². The van der Waals surface area contributed by atoms with E-state index in [1.54, 1.807) is 11.3 Å². The van der Waals surface area contributed by atoms with Gasteiger partial charge in [0.15, 0.2) is 5.13 Å². The van der Waals surface area contributed by atoms with E-state index >= 15 is 0 Å². The van der Waals surface area contributed by atoms with Crippen molar-refractivity contribution in [2.24, 2.45) is 0 Å². The third-order valence-corrected chi connectivity index (χ3v) is 3.82. The predicted octanol–water partition coefficient (Wildman–Crippen LogP) is 4.01. The molecule has 0 bridgehead atoms. The zero-order valence-electron chi connectivity index (χ0n) is 9.47. The van der Waals surface area contributed by atoms with Crippen molar-refractivity contribution in [2.75, 3.05) is 12.4 Å². The number of aromatic nitrogens is 1. The van der Waals surface area contributed by atoms with Crippen molar-refractivity contribution < 1.29 is 0 Å². The van der Waals surface area contributed by atoms with Gasteiger partial charge in [0.1, 0.15) is 0 Å². The lowest BCUT2D eigenvalue weighted by Crippen LogP contribution is -1.83. The summed E-state index contributed by atoms with van der Waals surface area (Å²) in [6.45, 7) is 0. The highest BCUT2D eigenvalue weighted by atomic mass is 32.1. The van der Waals surface area contributed by atoms with Gasteiger partial charge < -0.3 is 5.32 Å². The zero-order chi connectivity index (χ0) is 11.7. The van der Waals surface area contributed by atoms with Gasteiger partial charge in [-0.1, -0.05) is 53.8 Å². The van der Waals surface area contributed by atoms with E-state index in [-0.39, 0.29) is 0 Å². The van der Waals surface area contributed by atoms with Gasteiger partial charge in [-0.25, -0.2) is 4.98 Å². The molecule has 1 aromatic heterocycles. The fourth-order valence-electron chi connectivity index (χ4n) is 1.95. The Morgan fingerprint density at radius 3 is 2.71 bits per heavy atom. The molecule has 0 atom stereocenters. The SMILES string of the molecule is CNc1ncc(-c2cccc3ccccc23)s1. The molecule has 0 aliphatic carbocycles. The number of fused-ring (bicyclic) bond motifs is 1. The van der Waals surface area contributed by atoms with Crippen LogP contribution in [-0.4, -0.2) is 12.0 Å². The van der Waals surface area contributed by atoms with Crippen molar-refractivity contribution in [3.05, 3.63) is 48.7 Å². The van der Waals surface area contributed by atoms with Crippen LogP contribution in [0, 0.1) is 0 Å². The molecule has 0 saturated carbocycles. The summed E-state index contributed by atoms with van der Waals surface area (Å²) in [6, 6.07) is 14.8. The number of anilines is 1. The number of nitrogens with one attached hydrogen (secondary N) is 1. The number of thiazole rings is 1. The van der Waals surface area contributed by atoms with Crippen LogP contribution in [0.4, 0.5) is 5.13 Å². The molecule has 0 unspecified atom stereocenters. The molecule has 1 heterocycles. The van der Waals surface area contributed by atoms with Gasteiger partial charge in [0, 0.05) is 18.8 Å². The Kier molecular flexibility index (Phi) is 2.53. The van der Waals surface area contributed by atoms with Crippen LogP contribution in [0.25, 0.3) is 21.2 Å². The normalized spacial score (nSPS) is 10.6. The Bertz CT molecular complexity index is 653. The lowest BCUT2D eigenvalue weighted by atomic mass is 10.0. The van der Waals surface area contributed by atoms with Crippen molar-refractivity contribution in [3.8, 4) is 10.4 Å². The second-order valence-corrected chi connectivity index (χ2v) is 4.84. The summed E-state index contributed by atoms with van der Waals surface area (Å²) in [6.07, 6.45) is 1.93. The predicted molar refractivity (Wildman–Crippen MR) is 74.6 cm³/mol. The summed E-state index contributed by atoms with van der Waals surface area (Å²) in [5.41, 5.74) is 1.25. The Hall–Kier alpha value is -1.87. The zero-order valence-corrected chi connectivity index (χ0v) is 10.3. The van der Waals surface area contributed by atoms with Gasteiger partial charge in [-0.15, -0.1) is 0 Å². The van der Waals surface area contributed by atoms with E-state index in [0.29, 0.717) is 0 Å². The number of hydrogen-bond donors (Lipinski definition) is 1. The Balaban J connectivity index is 2.23. The number of nitrogens with zero attached hydrogens (tertiary/aromatic N) is 1. The summed E-state index contributed by atoms with van der Waals surface area (Å²) in [5, 5.41) is 6.57. The van der Waals surface area contributed by atoms with E-state index in [1.807, 2.05) is 13.2 Å². The fraction of sp³-hybridized carbons (Fsp3) is 0.0714. The molecule has 2 aromatic carbocycles. The van der Waals surface area contributed by atoms with Crippen LogP contribution in [0.3, 0.4) is 0 Å². The standard InChI is InChI=1S/C14H12N2S/c1-15-14-16-9-13(17-14)12-8-4-6-10-5-2-3-7-11(10)12/h2-9H,1H3,(H,15,16). The van der Waals surface area contributed by atoms with Crippen LogP contribution in [0.15, 0.2) is 48.7 Å². The summed E-state index contributed by atoms with van der Waals surface area (Å²) in [4.78, 5) is 5.53. The van der Waals surface area contributed by atoms with E-state index in [9.17, 15) is 0 Å². The average molecular weight is 240 g/mol. The molecule has 0 aliphatic rings. The molecule has 3 rings (SSSR count). The fourth-order valence-corrected chi connectivity index (χ4v) is 2.76. The third kappa shape index (κ3) is 1.78. The quantitative estimate of drug-likeness (QED) is 0.732. The molecule has 0 fully saturated rings. The maximum Gasteiger partial charge on any atom is 0.182 e. The minimum atomic E-state index is 0.952. The van der Waals surface area contributed by atoms with Crippen LogP contribution >= 0.6 is 11.3 Å².